The van der Waals surface area contributed by atoms with Crippen molar-refractivity contribution in [3.8, 4) is 11.5 Å². The summed E-state index contributed by atoms with van der Waals surface area (Å²) in [7, 11) is 1.71. The molecule has 1 aromatic carbocycles. The lowest BCUT2D eigenvalue weighted by atomic mass is 10.1. The summed E-state index contributed by atoms with van der Waals surface area (Å²) in [6.45, 7) is 0.762. The predicted molar refractivity (Wildman–Crippen MR) is 86.0 cm³/mol. The molecule has 1 aliphatic rings. The smallest absolute Gasteiger partial charge is 0.161 e. The molecule has 0 amide bonds. The van der Waals surface area contributed by atoms with E-state index in [9.17, 15) is 0 Å². The Kier molecular flexibility index (Phi) is 6.54. The molecular formula is C16H25NO2S. The van der Waals surface area contributed by atoms with Gasteiger partial charge in [-0.15, -0.1) is 0 Å². The van der Waals surface area contributed by atoms with E-state index in [4.69, 9.17) is 15.2 Å². The first-order chi connectivity index (χ1) is 9.83. The normalized spacial score (nSPS) is 18.8. The average Bonchev–Trinajstić information content (AvgIpc) is 2.50. The highest BCUT2D eigenvalue weighted by molar-refractivity contribution is 7.99. The van der Waals surface area contributed by atoms with Gasteiger partial charge in [0, 0.05) is 5.75 Å². The van der Waals surface area contributed by atoms with Crippen molar-refractivity contribution in [1.29, 1.82) is 0 Å². The molecule has 0 radical (unpaired) electrons. The zero-order chi connectivity index (χ0) is 14.2. The number of aryl methyl sites for hydroxylation is 1. The minimum absolute atomic E-state index is 0.325. The Bertz CT molecular complexity index is 405. The molecule has 0 bridgehead atoms. The molecule has 0 spiro atoms. The molecule has 1 aromatic rings. The SMILES string of the molecule is COc1cc(CCCCN)ccc1OC1CCCSC1. The van der Waals surface area contributed by atoms with Crippen LogP contribution in [-0.2, 0) is 6.42 Å². The van der Waals surface area contributed by atoms with Crippen molar-refractivity contribution < 1.29 is 9.47 Å². The number of rotatable bonds is 7. The minimum Gasteiger partial charge on any atom is -0.493 e. The number of nitrogens with two attached hydrogens (primary N) is 1. The second kappa shape index (κ2) is 8.42. The van der Waals surface area contributed by atoms with Crippen molar-refractivity contribution >= 4 is 11.8 Å². The first-order valence-corrected chi connectivity index (χ1v) is 8.60. The van der Waals surface area contributed by atoms with Crippen LogP contribution in [-0.4, -0.2) is 31.3 Å². The molecule has 1 unspecified atom stereocenters. The number of ether oxygens (including phenoxy) is 2. The molecule has 2 rings (SSSR count). The standard InChI is InChI=1S/C16H25NO2S/c1-18-16-11-13(5-2-3-9-17)7-8-15(16)19-14-6-4-10-20-12-14/h7-8,11,14H,2-6,9-10,12,17H2,1H3. The molecule has 1 heterocycles. The summed E-state index contributed by atoms with van der Waals surface area (Å²) in [5, 5.41) is 0. The number of thioether (sulfide) groups is 1. The first-order valence-electron chi connectivity index (χ1n) is 7.45. The highest BCUT2D eigenvalue weighted by Gasteiger charge is 2.17. The van der Waals surface area contributed by atoms with E-state index < -0.39 is 0 Å². The van der Waals surface area contributed by atoms with Crippen LogP contribution in [0, 0.1) is 0 Å². The summed E-state index contributed by atoms with van der Waals surface area (Å²) in [6.07, 6.45) is 5.96. The van der Waals surface area contributed by atoms with E-state index in [1.165, 1.54) is 17.7 Å². The third-order valence-electron chi connectivity index (χ3n) is 3.56. The van der Waals surface area contributed by atoms with E-state index in [1.54, 1.807) is 7.11 Å². The molecule has 1 fully saturated rings. The van der Waals surface area contributed by atoms with E-state index in [2.05, 4.69) is 18.2 Å². The average molecular weight is 295 g/mol. The lowest BCUT2D eigenvalue weighted by Crippen LogP contribution is -2.23. The zero-order valence-electron chi connectivity index (χ0n) is 12.3. The van der Waals surface area contributed by atoms with Gasteiger partial charge in [0.2, 0.25) is 0 Å². The van der Waals surface area contributed by atoms with Crippen LogP contribution in [0.15, 0.2) is 18.2 Å². The van der Waals surface area contributed by atoms with E-state index in [0.717, 1.165) is 49.5 Å². The first kappa shape index (κ1) is 15.5. The zero-order valence-corrected chi connectivity index (χ0v) is 13.1. The van der Waals surface area contributed by atoms with Gasteiger partial charge in [0.1, 0.15) is 6.10 Å². The van der Waals surface area contributed by atoms with Gasteiger partial charge < -0.3 is 15.2 Å². The Hall–Kier alpha value is -0.870. The van der Waals surface area contributed by atoms with Gasteiger partial charge in [-0.1, -0.05) is 6.07 Å². The van der Waals surface area contributed by atoms with E-state index in [1.807, 2.05) is 11.8 Å². The monoisotopic (exact) mass is 295 g/mol. The largest absolute Gasteiger partial charge is 0.493 e. The molecular weight excluding hydrogens is 270 g/mol. The highest BCUT2D eigenvalue weighted by Crippen LogP contribution is 2.31. The number of methoxy groups -OCH3 is 1. The van der Waals surface area contributed by atoms with Gasteiger partial charge >= 0.3 is 0 Å². The molecule has 3 nitrogen and oxygen atoms in total. The Labute approximate surface area is 126 Å². The molecule has 1 aliphatic heterocycles. The number of hydrogen-bond acceptors (Lipinski definition) is 4. The summed E-state index contributed by atoms with van der Waals surface area (Å²) in [6, 6.07) is 6.29. The van der Waals surface area contributed by atoms with Gasteiger partial charge in [-0.25, -0.2) is 0 Å². The van der Waals surface area contributed by atoms with Gasteiger partial charge in [0.25, 0.3) is 0 Å². The van der Waals surface area contributed by atoms with Crippen molar-refractivity contribution in [3.63, 3.8) is 0 Å². The van der Waals surface area contributed by atoms with Crippen molar-refractivity contribution in [2.45, 2.75) is 38.2 Å². The van der Waals surface area contributed by atoms with Crippen LogP contribution in [0.5, 0.6) is 11.5 Å². The maximum atomic E-state index is 6.09. The van der Waals surface area contributed by atoms with Crippen molar-refractivity contribution in [2.24, 2.45) is 5.73 Å². The molecule has 112 valence electrons. The fourth-order valence-corrected chi connectivity index (χ4v) is 3.46. The summed E-state index contributed by atoms with van der Waals surface area (Å²) in [5.41, 5.74) is 6.82. The van der Waals surface area contributed by atoms with Crippen LogP contribution < -0.4 is 15.2 Å². The van der Waals surface area contributed by atoms with Crippen LogP contribution in [0.2, 0.25) is 0 Å². The second-order valence-electron chi connectivity index (χ2n) is 5.19. The predicted octanol–water partition coefficient (Wildman–Crippen LogP) is 3.25. The van der Waals surface area contributed by atoms with E-state index >= 15 is 0 Å². The van der Waals surface area contributed by atoms with Gasteiger partial charge in [0.05, 0.1) is 7.11 Å². The lowest BCUT2D eigenvalue weighted by molar-refractivity contribution is 0.202. The minimum atomic E-state index is 0.325. The fourth-order valence-electron chi connectivity index (χ4n) is 2.42. The van der Waals surface area contributed by atoms with Crippen molar-refractivity contribution in [3.05, 3.63) is 23.8 Å². The summed E-state index contributed by atoms with van der Waals surface area (Å²) >= 11 is 1.97. The van der Waals surface area contributed by atoms with Gasteiger partial charge in [-0.05, 0) is 62.1 Å². The third-order valence-corrected chi connectivity index (χ3v) is 4.74. The molecule has 20 heavy (non-hydrogen) atoms. The molecule has 1 saturated heterocycles. The van der Waals surface area contributed by atoms with Crippen LogP contribution in [0.3, 0.4) is 0 Å². The number of unbranched alkanes of at least 4 members (excludes halogenated alkanes) is 1. The Morgan fingerprint density at radius 2 is 2.20 bits per heavy atom. The van der Waals surface area contributed by atoms with Crippen LogP contribution in [0.1, 0.15) is 31.2 Å². The molecule has 0 aliphatic carbocycles. The second-order valence-corrected chi connectivity index (χ2v) is 6.34. The quantitative estimate of drug-likeness (QED) is 0.784. The Balaban J connectivity index is 1.97. The number of benzene rings is 1. The maximum Gasteiger partial charge on any atom is 0.161 e. The van der Waals surface area contributed by atoms with E-state index in [-0.39, 0.29) is 0 Å². The van der Waals surface area contributed by atoms with Gasteiger partial charge in [0.15, 0.2) is 11.5 Å². The Morgan fingerprint density at radius 1 is 1.30 bits per heavy atom. The van der Waals surface area contributed by atoms with Gasteiger partial charge in [-0.3, -0.25) is 0 Å². The Morgan fingerprint density at radius 3 is 2.90 bits per heavy atom. The van der Waals surface area contributed by atoms with Crippen LogP contribution >= 0.6 is 11.8 Å². The molecule has 4 heteroatoms. The molecule has 0 saturated carbocycles. The molecule has 2 N–H and O–H groups in total. The van der Waals surface area contributed by atoms with Crippen LogP contribution in [0.4, 0.5) is 0 Å². The van der Waals surface area contributed by atoms with Gasteiger partial charge in [-0.2, -0.15) is 11.8 Å². The van der Waals surface area contributed by atoms with Crippen LogP contribution in [0.25, 0.3) is 0 Å². The summed E-state index contributed by atoms with van der Waals surface area (Å²) < 4.78 is 11.6. The highest BCUT2D eigenvalue weighted by atomic mass is 32.2. The van der Waals surface area contributed by atoms with Crippen molar-refractivity contribution in [1.82, 2.24) is 0 Å². The fraction of sp³-hybridized carbons (Fsp3) is 0.625. The summed E-state index contributed by atoms with van der Waals surface area (Å²) in [5.74, 6) is 4.08. The number of hydrogen-bond donors (Lipinski definition) is 1. The molecule has 0 aromatic heterocycles. The molecule has 1 atom stereocenters. The third kappa shape index (κ3) is 4.60. The topological polar surface area (TPSA) is 44.5 Å². The van der Waals surface area contributed by atoms with E-state index in [0.29, 0.717) is 6.10 Å². The lowest BCUT2D eigenvalue weighted by Gasteiger charge is -2.23. The summed E-state index contributed by atoms with van der Waals surface area (Å²) in [4.78, 5) is 0. The van der Waals surface area contributed by atoms with Crippen molar-refractivity contribution in [2.75, 3.05) is 25.2 Å². The maximum absolute atomic E-state index is 6.09.